The van der Waals surface area contributed by atoms with Crippen molar-refractivity contribution >= 4 is 29.9 Å². The van der Waals surface area contributed by atoms with Gasteiger partial charge in [0.25, 0.3) is 0 Å². The van der Waals surface area contributed by atoms with Gasteiger partial charge in [-0.3, -0.25) is 4.99 Å². The molecular formula is C19H33IN4O. The molecule has 0 radical (unpaired) electrons. The van der Waals surface area contributed by atoms with Gasteiger partial charge in [0.15, 0.2) is 5.96 Å². The number of halogens is 1. The van der Waals surface area contributed by atoms with Crippen molar-refractivity contribution in [1.29, 1.82) is 0 Å². The minimum atomic E-state index is 0. The van der Waals surface area contributed by atoms with Gasteiger partial charge in [0, 0.05) is 25.7 Å². The molecule has 1 aromatic carbocycles. The van der Waals surface area contributed by atoms with E-state index in [1.54, 1.807) is 0 Å². The fourth-order valence-corrected chi connectivity index (χ4v) is 3.02. The van der Waals surface area contributed by atoms with Crippen molar-refractivity contribution in [3.8, 4) is 5.75 Å². The lowest BCUT2D eigenvalue weighted by Gasteiger charge is -2.16. The molecule has 5 nitrogen and oxygen atoms in total. The number of benzene rings is 1. The maximum Gasteiger partial charge on any atom is 0.191 e. The van der Waals surface area contributed by atoms with Crippen LogP contribution >= 0.6 is 24.0 Å². The third-order valence-electron chi connectivity index (χ3n) is 4.33. The Kier molecular flexibility index (Phi) is 11.6. The molecule has 0 spiro atoms. The number of ether oxygens (including phenoxy) is 1. The van der Waals surface area contributed by atoms with E-state index in [4.69, 9.17) is 4.74 Å². The summed E-state index contributed by atoms with van der Waals surface area (Å²) >= 11 is 0. The highest BCUT2D eigenvalue weighted by atomic mass is 127. The summed E-state index contributed by atoms with van der Waals surface area (Å²) in [5, 5.41) is 6.76. The Morgan fingerprint density at radius 3 is 2.64 bits per heavy atom. The second-order valence-corrected chi connectivity index (χ2v) is 6.15. The number of nitrogens with zero attached hydrogens (tertiary/aromatic N) is 2. The van der Waals surface area contributed by atoms with Crippen LogP contribution in [0.5, 0.6) is 5.75 Å². The number of aliphatic imine (C=N–C) groups is 1. The Bertz CT molecular complexity index is 504. The number of guanidine groups is 1. The normalized spacial score (nSPS) is 14.9. The lowest BCUT2D eigenvalue weighted by molar-refractivity contribution is 0.330. The van der Waals surface area contributed by atoms with Crippen molar-refractivity contribution in [2.75, 3.05) is 39.8 Å². The molecule has 25 heavy (non-hydrogen) atoms. The first-order chi connectivity index (χ1) is 11.8. The van der Waals surface area contributed by atoms with E-state index in [2.05, 4.69) is 26.6 Å². The van der Waals surface area contributed by atoms with Crippen LogP contribution in [0.15, 0.2) is 29.3 Å². The molecule has 1 saturated heterocycles. The fourth-order valence-electron chi connectivity index (χ4n) is 3.02. The Balaban J connectivity index is 0.00000312. The molecule has 142 valence electrons. The number of para-hydroxylation sites is 1. The highest BCUT2D eigenvalue weighted by molar-refractivity contribution is 14.0. The van der Waals surface area contributed by atoms with Crippen molar-refractivity contribution in [3.05, 3.63) is 29.8 Å². The molecule has 0 bridgehead atoms. The molecule has 1 aliphatic heterocycles. The van der Waals surface area contributed by atoms with E-state index in [1.807, 2.05) is 32.2 Å². The van der Waals surface area contributed by atoms with Gasteiger partial charge < -0.3 is 20.3 Å². The monoisotopic (exact) mass is 460 g/mol. The molecule has 0 unspecified atom stereocenters. The van der Waals surface area contributed by atoms with Gasteiger partial charge >= 0.3 is 0 Å². The summed E-state index contributed by atoms with van der Waals surface area (Å²) in [4.78, 5) is 6.86. The van der Waals surface area contributed by atoms with E-state index in [0.29, 0.717) is 13.2 Å². The van der Waals surface area contributed by atoms with Gasteiger partial charge in [-0.05, 0) is 58.3 Å². The number of rotatable bonds is 9. The second kappa shape index (κ2) is 13.2. The first-order valence-electron chi connectivity index (χ1n) is 9.21. The largest absolute Gasteiger partial charge is 0.494 e. The SMILES string of the molecule is CCOc1ccccc1CNC(=NC)NCCCCN1CCCC1.I. The van der Waals surface area contributed by atoms with Crippen LogP contribution in [0.1, 0.15) is 38.2 Å². The average Bonchev–Trinajstić information content (AvgIpc) is 3.12. The smallest absolute Gasteiger partial charge is 0.191 e. The predicted molar refractivity (Wildman–Crippen MR) is 116 cm³/mol. The van der Waals surface area contributed by atoms with Gasteiger partial charge in [-0.2, -0.15) is 0 Å². The third kappa shape index (κ3) is 8.27. The third-order valence-corrected chi connectivity index (χ3v) is 4.33. The van der Waals surface area contributed by atoms with Gasteiger partial charge in [-0.25, -0.2) is 0 Å². The fraction of sp³-hybridized carbons (Fsp3) is 0.632. The molecular weight excluding hydrogens is 427 g/mol. The molecule has 0 aromatic heterocycles. The van der Waals surface area contributed by atoms with E-state index in [0.717, 1.165) is 23.8 Å². The molecule has 0 amide bonds. The number of nitrogens with one attached hydrogen (secondary N) is 2. The van der Waals surface area contributed by atoms with Gasteiger partial charge in [-0.15, -0.1) is 24.0 Å². The molecule has 2 N–H and O–H groups in total. The Morgan fingerprint density at radius 2 is 1.92 bits per heavy atom. The predicted octanol–water partition coefficient (Wildman–Crippen LogP) is 3.24. The van der Waals surface area contributed by atoms with Crippen LogP contribution < -0.4 is 15.4 Å². The number of hydrogen-bond acceptors (Lipinski definition) is 3. The molecule has 0 saturated carbocycles. The topological polar surface area (TPSA) is 48.9 Å². The standard InChI is InChI=1S/C19H32N4O.HI/c1-3-24-18-11-5-4-10-17(18)16-22-19(20-2)21-12-6-7-13-23-14-8-9-15-23;/h4-5,10-11H,3,6-9,12-16H2,1-2H3,(H2,20,21,22);1H. The molecule has 0 atom stereocenters. The second-order valence-electron chi connectivity index (χ2n) is 6.15. The molecule has 1 aliphatic rings. The van der Waals surface area contributed by atoms with Crippen LogP contribution in [0, 0.1) is 0 Å². The van der Waals surface area contributed by atoms with E-state index in [1.165, 1.54) is 45.3 Å². The highest BCUT2D eigenvalue weighted by Crippen LogP contribution is 2.17. The summed E-state index contributed by atoms with van der Waals surface area (Å²) in [6.45, 7) is 8.17. The number of unbranched alkanes of at least 4 members (excludes halogenated alkanes) is 1. The van der Waals surface area contributed by atoms with Crippen LogP contribution in [0.4, 0.5) is 0 Å². The molecule has 1 fully saturated rings. The summed E-state index contributed by atoms with van der Waals surface area (Å²) < 4.78 is 5.66. The molecule has 2 rings (SSSR count). The summed E-state index contributed by atoms with van der Waals surface area (Å²) in [5.74, 6) is 1.79. The summed E-state index contributed by atoms with van der Waals surface area (Å²) in [6.07, 6.45) is 5.17. The van der Waals surface area contributed by atoms with Crippen molar-refractivity contribution in [2.45, 2.75) is 39.2 Å². The Labute approximate surface area is 169 Å². The van der Waals surface area contributed by atoms with Crippen LogP contribution in [0.3, 0.4) is 0 Å². The van der Waals surface area contributed by atoms with Gasteiger partial charge in [0.05, 0.1) is 6.61 Å². The van der Waals surface area contributed by atoms with Crippen molar-refractivity contribution in [1.82, 2.24) is 15.5 Å². The summed E-state index contributed by atoms with van der Waals surface area (Å²) in [7, 11) is 1.81. The Morgan fingerprint density at radius 1 is 1.16 bits per heavy atom. The van der Waals surface area contributed by atoms with Crippen LogP contribution in [-0.2, 0) is 6.54 Å². The zero-order chi connectivity index (χ0) is 17.0. The first-order valence-corrected chi connectivity index (χ1v) is 9.21. The van der Waals surface area contributed by atoms with Gasteiger partial charge in [0.1, 0.15) is 5.75 Å². The quantitative estimate of drug-likeness (QED) is 0.257. The van der Waals surface area contributed by atoms with Crippen LogP contribution in [0.25, 0.3) is 0 Å². The van der Waals surface area contributed by atoms with Gasteiger partial charge in [0.2, 0.25) is 0 Å². The lowest BCUT2D eigenvalue weighted by atomic mass is 10.2. The zero-order valence-electron chi connectivity index (χ0n) is 15.6. The van der Waals surface area contributed by atoms with Crippen molar-refractivity contribution in [2.24, 2.45) is 4.99 Å². The Hall–Kier alpha value is -1.02. The average molecular weight is 460 g/mol. The number of hydrogen-bond donors (Lipinski definition) is 2. The maximum absolute atomic E-state index is 5.66. The minimum absolute atomic E-state index is 0. The van der Waals surface area contributed by atoms with E-state index in [9.17, 15) is 0 Å². The lowest BCUT2D eigenvalue weighted by Crippen LogP contribution is -2.37. The van der Waals surface area contributed by atoms with Crippen LogP contribution in [0.2, 0.25) is 0 Å². The van der Waals surface area contributed by atoms with E-state index >= 15 is 0 Å². The molecule has 0 aliphatic carbocycles. The van der Waals surface area contributed by atoms with E-state index < -0.39 is 0 Å². The van der Waals surface area contributed by atoms with Crippen LogP contribution in [-0.4, -0.2) is 50.7 Å². The maximum atomic E-state index is 5.66. The summed E-state index contributed by atoms with van der Waals surface area (Å²) in [6, 6.07) is 8.13. The molecule has 1 heterocycles. The van der Waals surface area contributed by atoms with Crippen molar-refractivity contribution < 1.29 is 4.74 Å². The highest BCUT2D eigenvalue weighted by Gasteiger charge is 2.10. The van der Waals surface area contributed by atoms with Gasteiger partial charge in [-0.1, -0.05) is 18.2 Å². The minimum Gasteiger partial charge on any atom is -0.494 e. The summed E-state index contributed by atoms with van der Waals surface area (Å²) in [5.41, 5.74) is 1.15. The van der Waals surface area contributed by atoms with Crippen molar-refractivity contribution in [3.63, 3.8) is 0 Å². The zero-order valence-corrected chi connectivity index (χ0v) is 17.9. The molecule has 1 aromatic rings. The first kappa shape index (κ1) is 22.0. The van der Waals surface area contributed by atoms with E-state index in [-0.39, 0.29) is 24.0 Å². The molecule has 6 heteroatoms. The number of likely N-dealkylation sites (tertiary alicyclic amines) is 1.